The molecule has 0 aliphatic rings. The highest BCUT2D eigenvalue weighted by Crippen LogP contribution is 2.24. The molecule has 6 nitrogen and oxygen atoms in total. The maximum Gasteiger partial charge on any atom is 0.171 e. The van der Waals surface area contributed by atoms with Crippen LogP contribution in [0.2, 0.25) is 0 Å². The Balaban J connectivity index is 2.36. The van der Waals surface area contributed by atoms with Crippen molar-refractivity contribution in [3.05, 3.63) is 34.4 Å². The van der Waals surface area contributed by atoms with Crippen molar-refractivity contribution in [1.29, 1.82) is 0 Å². The van der Waals surface area contributed by atoms with Gasteiger partial charge in [0.05, 0.1) is 5.39 Å². The normalized spacial score (nSPS) is 10.9. The number of nitrogens with zero attached hydrogens (tertiary/aromatic N) is 5. The number of hydrogen-bond donors (Lipinski definition) is 1. The quantitative estimate of drug-likeness (QED) is 0.678. The van der Waals surface area contributed by atoms with E-state index in [1.807, 2.05) is 18.2 Å². The van der Waals surface area contributed by atoms with Crippen LogP contribution in [0.3, 0.4) is 0 Å². The molecule has 0 aromatic carbocycles. The van der Waals surface area contributed by atoms with Crippen molar-refractivity contribution >= 4 is 39.4 Å². The van der Waals surface area contributed by atoms with Gasteiger partial charge in [-0.1, -0.05) is 6.07 Å². The maximum absolute atomic E-state index is 5.82. The Bertz CT molecular complexity index is 678. The third-order valence-corrected chi connectivity index (χ3v) is 3.07. The van der Waals surface area contributed by atoms with Gasteiger partial charge >= 0.3 is 0 Å². The van der Waals surface area contributed by atoms with Gasteiger partial charge in [-0.25, -0.2) is 15.0 Å². The van der Waals surface area contributed by atoms with Gasteiger partial charge in [-0.2, -0.15) is 9.78 Å². The third-order valence-electron chi connectivity index (χ3n) is 2.32. The topological polar surface area (TPSA) is 82.5 Å². The minimum absolute atomic E-state index is 0.432. The Labute approximate surface area is 110 Å². The van der Waals surface area contributed by atoms with Crippen molar-refractivity contribution in [3.8, 4) is 5.82 Å². The van der Waals surface area contributed by atoms with E-state index in [0.29, 0.717) is 17.3 Å². The first-order valence-corrected chi connectivity index (χ1v) is 5.91. The van der Waals surface area contributed by atoms with E-state index in [1.165, 1.54) is 6.33 Å². The van der Waals surface area contributed by atoms with Crippen molar-refractivity contribution in [2.24, 2.45) is 0 Å². The zero-order valence-corrected chi connectivity index (χ0v) is 10.7. The summed E-state index contributed by atoms with van der Waals surface area (Å²) in [7, 11) is 0. The van der Waals surface area contributed by atoms with Crippen molar-refractivity contribution in [2.75, 3.05) is 5.73 Å². The van der Waals surface area contributed by atoms with Crippen molar-refractivity contribution < 1.29 is 0 Å². The summed E-state index contributed by atoms with van der Waals surface area (Å²) in [6.07, 6.45) is 3.13. The molecule has 3 aromatic rings. The predicted molar refractivity (Wildman–Crippen MR) is 71.6 cm³/mol. The standard InChI is InChI=1S/C10H7IN6/c11-8-7-9(12)14-5-15-10(7)17(16-8)6-3-1-2-4-13-6/h1-5H,(H2,12,14,15). The van der Waals surface area contributed by atoms with Crippen molar-refractivity contribution in [2.45, 2.75) is 0 Å². The number of anilines is 1. The summed E-state index contributed by atoms with van der Waals surface area (Å²) in [6.45, 7) is 0. The van der Waals surface area contributed by atoms with Crippen LogP contribution in [0.15, 0.2) is 30.7 Å². The zero-order chi connectivity index (χ0) is 11.8. The fourth-order valence-corrected chi connectivity index (χ4v) is 2.31. The van der Waals surface area contributed by atoms with Crippen LogP contribution in [0, 0.1) is 3.70 Å². The SMILES string of the molecule is Nc1ncnc2c1c(I)nn2-c1ccccn1. The van der Waals surface area contributed by atoms with Crippen LogP contribution in [0.5, 0.6) is 0 Å². The molecular weight excluding hydrogens is 331 g/mol. The number of hydrogen-bond acceptors (Lipinski definition) is 5. The van der Waals surface area contributed by atoms with Crippen LogP contribution in [0.25, 0.3) is 16.9 Å². The van der Waals surface area contributed by atoms with Gasteiger partial charge in [0.1, 0.15) is 15.8 Å². The van der Waals surface area contributed by atoms with Gasteiger partial charge in [0.2, 0.25) is 0 Å². The number of halogens is 1. The summed E-state index contributed by atoms with van der Waals surface area (Å²) < 4.78 is 2.43. The maximum atomic E-state index is 5.82. The van der Waals surface area contributed by atoms with Gasteiger partial charge in [0, 0.05) is 6.20 Å². The minimum atomic E-state index is 0.432. The van der Waals surface area contributed by atoms with Crippen molar-refractivity contribution in [3.63, 3.8) is 0 Å². The van der Waals surface area contributed by atoms with Gasteiger partial charge < -0.3 is 5.73 Å². The molecule has 2 N–H and O–H groups in total. The van der Waals surface area contributed by atoms with Crippen molar-refractivity contribution in [1.82, 2.24) is 24.7 Å². The third kappa shape index (κ3) is 1.62. The molecule has 84 valence electrons. The lowest BCUT2D eigenvalue weighted by molar-refractivity contribution is 0.852. The number of nitrogens with two attached hydrogens (primary N) is 1. The Morgan fingerprint density at radius 3 is 2.82 bits per heavy atom. The first kappa shape index (κ1) is 10.4. The lowest BCUT2D eigenvalue weighted by Gasteiger charge is -2.00. The van der Waals surface area contributed by atoms with E-state index in [2.05, 4.69) is 42.6 Å². The van der Waals surface area contributed by atoms with Crippen LogP contribution in [-0.4, -0.2) is 24.7 Å². The van der Waals surface area contributed by atoms with E-state index < -0.39 is 0 Å². The van der Waals surface area contributed by atoms with E-state index in [1.54, 1.807) is 10.9 Å². The molecule has 0 aliphatic heterocycles. The highest BCUT2D eigenvalue weighted by atomic mass is 127. The largest absolute Gasteiger partial charge is 0.383 e. The van der Waals surface area contributed by atoms with E-state index >= 15 is 0 Å². The molecule has 0 saturated heterocycles. The van der Waals surface area contributed by atoms with Crippen LogP contribution >= 0.6 is 22.6 Å². The summed E-state index contributed by atoms with van der Waals surface area (Å²) >= 11 is 2.11. The highest BCUT2D eigenvalue weighted by Gasteiger charge is 2.14. The first-order chi connectivity index (χ1) is 8.27. The molecule has 0 unspecified atom stereocenters. The fraction of sp³-hybridized carbons (Fsp3) is 0. The molecule has 0 saturated carbocycles. The number of nitrogen functional groups attached to an aromatic ring is 1. The average Bonchev–Trinajstić information content (AvgIpc) is 2.69. The summed E-state index contributed by atoms with van der Waals surface area (Å²) in [5.41, 5.74) is 6.49. The molecule has 0 aliphatic carbocycles. The Morgan fingerprint density at radius 1 is 1.18 bits per heavy atom. The van der Waals surface area contributed by atoms with E-state index in [0.717, 1.165) is 9.09 Å². The molecule has 0 radical (unpaired) electrons. The summed E-state index contributed by atoms with van der Waals surface area (Å²) in [4.78, 5) is 12.4. The van der Waals surface area contributed by atoms with Gasteiger partial charge in [-0.05, 0) is 34.7 Å². The summed E-state index contributed by atoms with van der Waals surface area (Å²) in [6, 6.07) is 5.61. The van der Waals surface area contributed by atoms with E-state index in [9.17, 15) is 0 Å². The summed E-state index contributed by atoms with van der Waals surface area (Å²) in [5.74, 6) is 1.14. The molecule has 0 spiro atoms. The highest BCUT2D eigenvalue weighted by molar-refractivity contribution is 14.1. The fourth-order valence-electron chi connectivity index (χ4n) is 1.57. The number of aromatic nitrogens is 5. The lowest BCUT2D eigenvalue weighted by Crippen LogP contribution is -2.00. The Hall–Kier alpha value is -1.77. The van der Waals surface area contributed by atoms with E-state index in [4.69, 9.17) is 5.73 Å². The van der Waals surface area contributed by atoms with E-state index in [-0.39, 0.29) is 0 Å². The van der Waals surface area contributed by atoms with Gasteiger partial charge in [0.15, 0.2) is 11.5 Å². The van der Waals surface area contributed by atoms with Crippen LogP contribution in [0.1, 0.15) is 0 Å². The molecule has 0 atom stereocenters. The van der Waals surface area contributed by atoms with Gasteiger partial charge in [0.25, 0.3) is 0 Å². The smallest absolute Gasteiger partial charge is 0.171 e. The molecule has 3 rings (SSSR count). The molecule has 0 fully saturated rings. The van der Waals surface area contributed by atoms with Crippen LogP contribution in [0.4, 0.5) is 5.82 Å². The lowest BCUT2D eigenvalue weighted by atomic mass is 10.4. The van der Waals surface area contributed by atoms with Gasteiger partial charge in [-0.3, -0.25) is 0 Å². The molecule has 3 heterocycles. The Morgan fingerprint density at radius 2 is 2.06 bits per heavy atom. The van der Waals surface area contributed by atoms with Crippen LogP contribution < -0.4 is 5.73 Å². The number of rotatable bonds is 1. The van der Waals surface area contributed by atoms with Crippen LogP contribution in [-0.2, 0) is 0 Å². The molecule has 7 heteroatoms. The summed E-state index contributed by atoms with van der Waals surface area (Å²) in [5, 5.41) is 5.14. The molecule has 17 heavy (non-hydrogen) atoms. The second kappa shape index (κ2) is 3.91. The minimum Gasteiger partial charge on any atom is -0.383 e. The molecular formula is C10H7IN6. The monoisotopic (exact) mass is 338 g/mol. The zero-order valence-electron chi connectivity index (χ0n) is 8.58. The Kier molecular flexibility index (Phi) is 2.39. The molecule has 0 bridgehead atoms. The second-order valence-electron chi connectivity index (χ2n) is 3.35. The number of fused-ring (bicyclic) bond motifs is 1. The average molecular weight is 338 g/mol. The number of pyridine rings is 1. The second-order valence-corrected chi connectivity index (χ2v) is 4.37. The van der Waals surface area contributed by atoms with Gasteiger partial charge in [-0.15, -0.1) is 0 Å². The molecule has 0 amide bonds. The first-order valence-electron chi connectivity index (χ1n) is 4.83. The predicted octanol–water partition coefficient (Wildman–Crippen LogP) is 1.40. The molecule has 3 aromatic heterocycles.